The Morgan fingerprint density at radius 2 is 1.67 bits per heavy atom. The Labute approximate surface area is 218 Å². The minimum Gasteiger partial charge on any atom is -0.366 e. The van der Waals surface area contributed by atoms with Crippen LogP contribution in [0.15, 0.2) is 85.1 Å². The fourth-order valence-electron chi connectivity index (χ4n) is 3.82. The van der Waals surface area contributed by atoms with Crippen molar-refractivity contribution in [3.63, 3.8) is 0 Å². The van der Waals surface area contributed by atoms with E-state index in [9.17, 15) is 4.79 Å². The molecule has 0 aliphatic rings. The van der Waals surface area contributed by atoms with E-state index in [4.69, 9.17) is 28.2 Å². The van der Waals surface area contributed by atoms with Gasteiger partial charge in [-0.25, -0.2) is 9.78 Å². The quantitative estimate of drug-likeness (QED) is 0.221. The van der Waals surface area contributed by atoms with E-state index in [2.05, 4.69) is 21.0 Å². The van der Waals surface area contributed by atoms with Gasteiger partial charge in [0.05, 0.1) is 11.9 Å². The van der Waals surface area contributed by atoms with Gasteiger partial charge >= 0.3 is 6.03 Å². The van der Waals surface area contributed by atoms with Crippen molar-refractivity contribution in [2.75, 3.05) is 16.0 Å². The molecule has 0 bridgehead atoms. The first-order chi connectivity index (χ1) is 17.5. The summed E-state index contributed by atoms with van der Waals surface area (Å²) in [7, 11) is 0. The van der Waals surface area contributed by atoms with E-state index in [1.54, 1.807) is 35.0 Å². The number of hydrogen-bond donors (Lipinski definition) is 3. The number of carbonyl (C=O) groups is 1. The molecular weight excluding hydrogens is 495 g/mol. The van der Waals surface area contributed by atoms with Gasteiger partial charge in [0.15, 0.2) is 5.65 Å². The van der Waals surface area contributed by atoms with Crippen molar-refractivity contribution >= 4 is 52.1 Å². The number of hydrogen-bond acceptors (Lipinski definition) is 4. The molecule has 7 nitrogen and oxygen atoms in total. The Bertz CT molecular complexity index is 1570. The molecule has 0 fully saturated rings. The molecule has 5 rings (SSSR count). The smallest absolute Gasteiger partial charge is 0.323 e. The third kappa shape index (κ3) is 5.27. The van der Waals surface area contributed by atoms with Gasteiger partial charge in [-0.15, -0.1) is 0 Å². The van der Waals surface area contributed by atoms with Gasteiger partial charge in [0.25, 0.3) is 0 Å². The molecule has 5 aromatic rings. The third-order valence-corrected chi connectivity index (χ3v) is 6.10. The molecule has 180 valence electrons. The Kier molecular flexibility index (Phi) is 6.75. The number of urea groups is 1. The van der Waals surface area contributed by atoms with Gasteiger partial charge in [0.1, 0.15) is 5.82 Å². The molecule has 0 saturated heterocycles. The molecule has 3 aromatic carbocycles. The molecule has 2 amide bonds. The lowest BCUT2D eigenvalue weighted by Gasteiger charge is -2.13. The summed E-state index contributed by atoms with van der Waals surface area (Å²) in [4.78, 5) is 17.2. The van der Waals surface area contributed by atoms with Crippen LogP contribution in [-0.4, -0.2) is 20.6 Å². The minimum atomic E-state index is -0.352. The summed E-state index contributed by atoms with van der Waals surface area (Å²) < 4.78 is 1.77. The second-order valence-electron chi connectivity index (χ2n) is 8.21. The second kappa shape index (κ2) is 10.3. The number of aromatic nitrogens is 3. The highest BCUT2D eigenvalue weighted by molar-refractivity contribution is 6.33. The summed E-state index contributed by atoms with van der Waals surface area (Å²) in [6.45, 7) is 2.48. The normalized spacial score (nSPS) is 10.9. The zero-order valence-electron chi connectivity index (χ0n) is 19.3. The molecule has 2 aromatic heterocycles. The van der Waals surface area contributed by atoms with E-state index in [-0.39, 0.29) is 6.03 Å². The van der Waals surface area contributed by atoms with Gasteiger partial charge in [-0.05, 0) is 48.9 Å². The number of nitrogens with one attached hydrogen (secondary N) is 3. The molecule has 0 atom stereocenters. The average Bonchev–Trinajstić information content (AvgIpc) is 3.24. The first-order valence-electron chi connectivity index (χ1n) is 11.2. The number of benzene rings is 3. The Balaban J connectivity index is 1.34. The summed E-state index contributed by atoms with van der Waals surface area (Å²) >= 11 is 12.4. The van der Waals surface area contributed by atoms with E-state index in [0.29, 0.717) is 28.0 Å². The maximum Gasteiger partial charge on any atom is 0.323 e. The third-order valence-electron chi connectivity index (χ3n) is 5.54. The molecule has 9 heteroatoms. The van der Waals surface area contributed by atoms with Crippen molar-refractivity contribution < 1.29 is 4.79 Å². The van der Waals surface area contributed by atoms with Crippen LogP contribution >= 0.6 is 23.2 Å². The van der Waals surface area contributed by atoms with Crippen LogP contribution < -0.4 is 16.0 Å². The highest BCUT2D eigenvalue weighted by Crippen LogP contribution is 2.29. The maximum atomic E-state index is 12.4. The molecule has 0 spiro atoms. The van der Waals surface area contributed by atoms with Crippen molar-refractivity contribution in [3.05, 3.63) is 106 Å². The molecule has 0 saturated carbocycles. The average molecular weight is 517 g/mol. The van der Waals surface area contributed by atoms with Crippen LogP contribution in [0.1, 0.15) is 11.1 Å². The Morgan fingerprint density at radius 3 is 2.44 bits per heavy atom. The van der Waals surface area contributed by atoms with Gasteiger partial charge in [-0.2, -0.15) is 9.61 Å². The zero-order chi connectivity index (χ0) is 25.1. The van der Waals surface area contributed by atoms with Crippen molar-refractivity contribution in [3.8, 4) is 11.3 Å². The van der Waals surface area contributed by atoms with Gasteiger partial charge in [-0.1, -0.05) is 59.6 Å². The molecule has 0 aliphatic carbocycles. The lowest BCUT2D eigenvalue weighted by Crippen LogP contribution is -2.19. The Morgan fingerprint density at radius 1 is 0.917 bits per heavy atom. The number of amides is 2. The number of nitrogens with zero attached hydrogens (tertiary/aromatic N) is 3. The number of aryl methyl sites for hydroxylation is 1. The summed E-state index contributed by atoms with van der Waals surface area (Å²) in [6.07, 6.45) is 1.78. The Hall–Kier alpha value is -4.07. The maximum absolute atomic E-state index is 12.4. The largest absolute Gasteiger partial charge is 0.366 e. The molecule has 0 radical (unpaired) electrons. The summed E-state index contributed by atoms with van der Waals surface area (Å²) in [5.41, 5.74) is 5.58. The standard InChI is InChI=1S/C27H22Cl2N6O/c1-17-15-31-35-25(14-24(34-26(17)35)22-10-2-3-11-23(22)29)30-16-18-6-4-8-20(12-18)32-27(36)33-21-9-5-7-19(28)13-21/h2-15,30H,16H2,1H3,(H2,32,33,36). The van der Waals surface area contributed by atoms with E-state index < -0.39 is 0 Å². The van der Waals surface area contributed by atoms with Crippen molar-refractivity contribution in [2.24, 2.45) is 0 Å². The van der Waals surface area contributed by atoms with E-state index in [1.807, 2.05) is 61.5 Å². The monoisotopic (exact) mass is 516 g/mol. The summed E-state index contributed by atoms with van der Waals surface area (Å²) in [5, 5.41) is 14.7. The highest BCUT2D eigenvalue weighted by atomic mass is 35.5. The van der Waals surface area contributed by atoms with Gasteiger partial charge in [-0.3, -0.25) is 0 Å². The molecule has 0 aliphatic heterocycles. The van der Waals surface area contributed by atoms with Crippen LogP contribution in [0.5, 0.6) is 0 Å². The first-order valence-corrected chi connectivity index (χ1v) is 12.0. The van der Waals surface area contributed by atoms with Crippen molar-refractivity contribution in [1.29, 1.82) is 0 Å². The molecule has 3 N–H and O–H groups in total. The van der Waals surface area contributed by atoms with Crippen molar-refractivity contribution in [2.45, 2.75) is 13.5 Å². The lowest BCUT2D eigenvalue weighted by atomic mass is 10.1. The van der Waals surface area contributed by atoms with Crippen LogP contribution in [-0.2, 0) is 6.54 Å². The molecule has 2 heterocycles. The zero-order valence-corrected chi connectivity index (χ0v) is 20.8. The minimum absolute atomic E-state index is 0.352. The first kappa shape index (κ1) is 23.7. The topological polar surface area (TPSA) is 83.3 Å². The number of halogens is 2. The SMILES string of the molecule is Cc1cnn2c(NCc3cccc(NC(=O)Nc4cccc(Cl)c4)c3)cc(-c3ccccc3Cl)nc12. The number of fused-ring (bicyclic) bond motifs is 1. The van der Waals surface area contributed by atoms with Gasteiger partial charge in [0.2, 0.25) is 0 Å². The van der Waals surface area contributed by atoms with Crippen LogP contribution in [0, 0.1) is 6.92 Å². The van der Waals surface area contributed by atoms with Crippen LogP contribution in [0.4, 0.5) is 22.0 Å². The van der Waals surface area contributed by atoms with Crippen LogP contribution in [0.25, 0.3) is 16.9 Å². The lowest BCUT2D eigenvalue weighted by molar-refractivity contribution is 0.262. The van der Waals surface area contributed by atoms with Crippen molar-refractivity contribution in [1.82, 2.24) is 14.6 Å². The fourth-order valence-corrected chi connectivity index (χ4v) is 4.24. The van der Waals surface area contributed by atoms with Gasteiger partial charge in [0, 0.05) is 45.2 Å². The van der Waals surface area contributed by atoms with E-state index in [0.717, 1.165) is 33.8 Å². The molecule has 36 heavy (non-hydrogen) atoms. The van der Waals surface area contributed by atoms with E-state index >= 15 is 0 Å². The number of rotatable bonds is 6. The molecule has 0 unspecified atom stereocenters. The highest BCUT2D eigenvalue weighted by Gasteiger charge is 2.13. The van der Waals surface area contributed by atoms with E-state index in [1.165, 1.54) is 0 Å². The predicted octanol–water partition coefficient (Wildman–Crippen LogP) is 7.27. The number of anilines is 3. The predicted molar refractivity (Wildman–Crippen MR) is 146 cm³/mol. The van der Waals surface area contributed by atoms with Crippen LogP contribution in [0.2, 0.25) is 10.0 Å². The number of carbonyl (C=O) groups excluding carboxylic acids is 1. The van der Waals surface area contributed by atoms with Gasteiger partial charge < -0.3 is 16.0 Å². The summed E-state index contributed by atoms with van der Waals surface area (Å²) in [6, 6.07) is 23.8. The summed E-state index contributed by atoms with van der Waals surface area (Å²) in [5.74, 6) is 0.778. The second-order valence-corrected chi connectivity index (χ2v) is 9.06. The fraction of sp³-hybridized carbons (Fsp3) is 0.0741. The van der Waals surface area contributed by atoms with Crippen LogP contribution in [0.3, 0.4) is 0 Å². The molecular formula is C27H22Cl2N6O.